The van der Waals surface area contributed by atoms with Crippen LogP contribution in [-0.4, -0.2) is 54.1 Å². The van der Waals surface area contributed by atoms with Crippen molar-refractivity contribution < 1.29 is 9.53 Å². The van der Waals surface area contributed by atoms with Crippen LogP contribution in [0.4, 0.5) is 0 Å². The maximum Gasteiger partial charge on any atom is 0.251 e. The molecule has 2 aliphatic rings. The molecule has 2 heterocycles. The molecule has 0 radical (unpaired) electrons. The van der Waals surface area contributed by atoms with Crippen LogP contribution in [-0.2, 0) is 16.1 Å². The first kappa shape index (κ1) is 12.6. The predicted octanol–water partition coefficient (Wildman–Crippen LogP) is 1.12. The van der Waals surface area contributed by atoms with Gasteiger partial charge in [0, 0.05) is 26.2 Å². The number of carbonyl (C=O) groups excluding carboxylic acids is 1. The van der Waals surface area contributed by atoms with Crippen LogP contribution in [0.1, 0.15) is 12.5 Å². The van der Waals surface area contributed by atoms with Crippen LogP contribution in [0.3, 0.4) is 0 Å². The van der Waals surface area contributed by atoms with Crippen LogP contribution >= 0.6 is 0 Å². The summed E-state index contributed by atoms with van der Waals surface area (Å²) in [5.74, 6) is 0.149. The first-order valence-corrected chi connectivity index (χ1v) is 6.92. The van der Waals surface area contributed by atoms with E-state index in [-0.39, 0.29) is 18.1 Å². The van der Waals surface area contributed by atoms with Gasteiger partial charge < -0.3 is 9.64 Å². The normalized spacial score (nSPS) is 28.3. The maximum atomic E-state index is 12.0. The summed E-state index contributed by atoms with van der Waals surface area (Å²) in [6.45, 7) is 6.14. The first-order valence-electron chi connectivity index (χ1n) is 6.92. The zero-order valence-electron chi connectivity index (χ0n) is 11.3. The van der Waals surface area contributed by atoms with Gasteiger partial charge in [0.05, 0.1) is 12.6 Å². The molecule has 0 aromatic heterocycles. The van der Waals surface area contributed by atoms with Gasteiger partial charge in [-0.2, -0.15) is 0 Å². The summed E-state index contributed by atoms with van der Waals surface area (Å²) in [5, 5.41) is 0. The van der Waals surface area contributed by atoms with Gasteiger partial charge in [-0.25, -0.2) is 0 Å². The summed E-state index contributed by atoms with van der Waals surface area (Å²) >= 11 is 0. The number of nitrogens with zero attached hydrogens (tertiary/aromatic N) is 2. The summed E-state index contributed by atoms with van der Waals surface area (Å²) in [5.41, 5.74) is 1.33. The van der Waals surface area contributed by atoms with E-state index in [1.165, 1.54) is 5.56 Å². The zero-order valence-corrected chi connectivity index (χ0v) is 11.3. The highest BCUT2D eigenvalue weighted by molar-refractivity contribution is 5.81. The van der Waals surface area contributed by atoms with Gasteiger partial charge in [-0.05, 0) is 12.5 Å². The summed E-state index contributed by atoms with van der Waals surface area (Å²) in [6, 6.07) is 10.7. The molecule has 0 bridgehead atoms. The van der Waals surface area contributed by atoms with E-state index in [9.17, 15) is 4.79 Å². The number of carbonyl (C=O) groups is 1. The summed E-state index contributed by atoms with van der Waals surface area (Å²) in [6.07, 6.45) is -0.267. The lowest BCUT2D eigenvalue weighted by molar-refractivity contribution is -0.162. The van der Waals surface area contributed by atoms with E-state index in [2.05, 4.69) is 29.2 Å². The summed E-state index contributed by atoms with van der Waals surface area (Å²) in [7, 11) is 0. The highest BCUT2D eigenvalue weighted by atomic mass is 16.5. The van der Waals surface area contributed by atoms with Gasteiger partial charge in [0.15, 0.2) is 0 Å². The monoisotopic (exact) mass is 260 g/mol. The third-order valence-corrected chi connectivity index (χ3v) is 3.99. The largest absolute Gasteiger partial charge is 0.366 e. The van der Waals surface area contributed by atoms with Crippen LogP contribution in [0.25, 0.3) is 0 Å². The molecule has 2 fully saturated rings. The van der Waals surface area contributed by atoms with Gasteiger partial charge in [-0.3, -0.25) is 9.69 Å². The van der Waals surface area contributed by atoms with Crippen molar-refractivity contribution in [2.24, 2.45) is 0 Å². The number of rotatable bonds is 2. The Kier molecular flexibility index (Phi) is 3.53. The van der Waals surface area contributed by atoms with E-state index >= 15 is 0 Å². The molecule has 2 atom stereocenters. The minimum Gasteiger partial charge on any atom is -0.366 e. The Bertz CT molecular complexity index is 449. The Morgan fingerprint density at radius 1 is 1.26 bits per heavy atom. The molecular formula is C15H20N2O2. The molecule has 0 aliphatic carbocycles. The van der Waals surface area contributed by atoms with Gasteiger partial charge in [0.1, 0.15) is 6.10 Å². The molecule has 3 rings (SSSR count). The molecule has 1 amide bonds. The molecule has 1 aromatic carbocycles. The quantitative estimate of drug-likeness (QED) is 0.799. The molecule has 2 saturated heterocycles. The van der Waals surface area contributed by atoms with Crippen LogP contribution in [0.15, 0.2) is 30.3 Å². The number of ether oxygens (including phenoxy) is 1. The third-order valence-electron chi connectivity index (χ3n) is 3.99. The number of fused-ring (bicyclic) bond motifs is 1. The molecular weight excluding hydrogens is 240 g/mol. The number of hydrogen-bond acceptors (Lipinski definition) is 3. The minimum atomic E-state index is -0.267. The second kappa shape index (κ2) is 5.31. The van der Waals surface area contributed by atoms with Gasteiger partial charge >= 0.3 is 0 Å². The van der Waals surface area contributed by atoms with Crippen LogP contribution < -0.4 is 0 Å². The number of morpholine rings is 1. The molecule has 2 aliphatic heterocycles. The van der Waals surface area contributed by atoms with Gasteiger partial charge in [0.25, 0.3) is 5.91 Å². The Morgan fingerprint density at radius 3 is 2.84 bits per heavy atom. The standard InChI is InChI=1S/C15H20N2O2/c1-12-15(18)17-8-7-16(10-14(17)11-19-12)9-13-5-3-2-4-6-13/h2-6,12,14H,7-11H2,1H3/t12-,14+/m1/s1. The molecule has 4 heteroatoms. The van der Waals surface area contributed by atoms with Gasteiger partial charge in [-0.1, -0.05) is 30.3 Å². The lowest BCUT2D eigenvalue weighted by atomic mass is 10.1. The molecule has 0 saturated carbocycles. The maximum absolute atomic E-state index is 12.0. The van der Waals surface area contributed by atoms with E-state index in [4.69, 9.17) is 4.74 Å². The fourth-order valence-electron chi connectivity index (χ4n) is 2.90. The second-order valence-electron chi connectivity index (χ2n) is 5.38. The predicted molar refractivity (Wildman–Crippen MR) is 72.6 cm³/mol. The van der Waals surface area contributed by atoms with Crippen molar-refractivity contribution in [3.05, 3.63) is 35.9 Å². The molecule has 19 heavy (non-hydrogen) atoms. The molecule has 4 nitrogen and oxygen atoms in total. The van der Waals surface area contributed by atoms with E-state index in [1.54, 1.807) is 0 Å². The van der Waals surface area contributed by atoms with E-state index < -0.39 is 0 Å². The van der Waals surface area contributed by atoms with Crippen molar-refractivity contribution in [3.63, 3.8) is 0 Å². The van der Waals surface area contributed by atoms with Crippen molar-refractivity contribution in [2.45, 2.75) is 25.6 Å². The smallest absolute Gasteiger partial charge is 0.251 e. The van der Waals surface area contributed by atoms with E-state index in [1.807, 2.05) is 17.9 Å². The average Bonchev–Trinajstić information content (AvgIpc) is 2.44. The van der Waals surface area contributed by atoms with Gasteiger partial charge in [0.2, 0.25) is 0 Å². The molecule has 0 N–H and O–H groups in total. The SMILES string of the molecule is C[C@H]1OC[C@@H]2CN(Cc3ccccc3)CCN2C1=O. The number of piperazine rings is 1. The second-order valence-corrected chi connectivity index (χ2v) is 5.38. The molecule has 0 unspecified atom stereocenters. The Hall–Kier alpha value is -1.39. The Morgan fingerprint density at radius 2 is 2.05 bits per heavy atom. The molecule has 102 valence electrons. The van der Waals surface area contributed by atoms with E-state index in [0.717, 1.165) is 26.2 Å². The van der Waals surface area contributed by atoms with Gasteiger partial charge in [-0.15, -0.1) is 0 Å². The summed E-state index contributed by atoms with van der Waals surface area (Å²) < 4.78 is 5.54. The Balaban J connectivity index is 1.62. The fourth-order valence-corrected chi connectivity index (χ4v) is 2.90. The van der Waals surface area contributed by atoms with E-state index in [0.29, 0.717) is 6.61 Å². The number of amides is 1. The lowest BCUT2D eigenvalue weighted by Gasteiger charge is -2.45. The minimum absolute atomic E-state index is 0.149. The number of benzene rings is 1. The van der Waals surface area contributed by atoms with Crippen LogP contribution in [0.5, 0.6) is 0 Å². The zero-order chi connectivity index (χ0) is 13.2. The van der Waals surface area contributed by atoms with Crippen molar-refractivity contribution in [3.8, 4) is 0 Å². The van der Waals surface area contributed by atoms with Crippen molar-refractivity contribution in [1.29, 1.82) is 0 Å². The topological polar surface area (TPSA) is 32.8 Å². The fraction of sp³-hybridized carbons (Fsp3) is 0.533. The third kappa shape index (κ3) is 2.65. The van der Waals surface area contributed by atoms with Crippen LogP contribution in [0.2, 0.25) is 0 Å². The summed E-state index contributed by atoms with van der Waals surface area (Å²) in [4.78, 5) is 16.4. The van der Waals surface area contributed by atoms with Crippen molar-refractivity contribution in [2.75, 3.05) is 26.2 Å². The molecule has 1 aromatic rings. The molecule has 0 spiro atoms. The first-order chi connectivity index (χ1) is 9.24. The van der Waals surface area contributed by atoms with Crippen LogP contribution in [0, 0.1) is 0 Å². The number of hydrogen-bond donors (Lipinski definition) is 0. The van der Waals surface area contributed by atoms with Crippen molar-refractivity contribution >= 4 is 5.91 Å². The Labute approximate surface area is 113 Å². The van der Waals surface area contributed by atoms with Crippen molar-refractivity contribution in [1.82, 2.24) is 9.80 Å². The lowest BCUT2D eigenvalue weighted by Crippen LogP contribution is -2.61. The highest BCUT2D eigenvalue weighted by Crippen LogP contribution is 2.19. The highest BCUT2D eigenvalue weighted by Gasteiger charge is 2.37. The average molecular weight is 260 g/mol.